The number of nitrogens with zero attached hydrogens (tertiary/aromatic N) is 1. The Morgan fingerprint density at radius 3 is 1.01 bits per heavy atom. The first kappa shape index (κ1) is 54.8. The van der Waals surface area contributed by atoms with Crippen LogP contribution in [-0.2, 0) is 6.54 Å². The van der Waals surface area contributed by atoms with E-state index in [1.54, 1.807) is 0 Å². The smallest absolute Gasteiger partial charge is 0.409 e. The van der Waals surface area contributed by atoms with Crippen LogP contribution >= 0.6 is 0 Å². The van der Waals surface area contributed by atoms with E-state index in [-0.39, 0.29) is 5.97 Å². The van der Waals surface area contributed by atoms with Crippen molar-refractivity contribution in [1.29, 1.82) is 0 Å². The molecule has 79 heavy (non-hydrogen) atoms. The van der Waals surface area contributed by atoms with Gasteiger partial charge in [-0.2, -0.15) is 4.57 Å². The molecular weight excluding hydrogens is 1100 g/mol. The van der Waals surface area contributed by atoms with Crippen molar-refractivity contribution in [3.8, 4) is 5.75 Å². The molecular formula is C55H22BF20NO2. The van der Waals surface area contributed by atoms with E-state index in [2.05, 4.69) is 24.3 Å². The van der Waals surface area contributed by atoms with Crippen molar-refractivity contribution in [2.24, 2.45) is 0 Å². The monoisotopic (exact) mass is 1120 g/mol. The minimum atomic E-state index is -7.22. The number of hydrogen-bond donors (Lipinski definition) is 0. The predicted octanol–water partition coefficient (Wildman–Crippen LogP) is 12.5. The number of ether oxygens (including phenoxy) is 1. The zero-order valence-corrected chi connectivity index (χ0v) is 38.7. The number of para-hydroxylation sites is 1. The summed E-state index contributed by atoms with van der Waals surface area (Å²) in [6, 6.07) is 40.3. The standard InChI is InChI=1S/C31H22NO2.C24BF20/c33-31(34-30-26-15-7-4-13-24(26)20-25-14-5-8-16-27(25)30)29-19-18-23-12-6-9-17-28(23)32(29)21-22-10-2-1-3-11-22;26-5-1(6(27)14(35)21(42)13(5)34)25(2-7(28)15(36)22(43)16(37)8(2)29,3-9(30)17(38)23(44)18(39)10(3)31)4-11(32)19(40)24(45)20(41)12(4)33/h1-20H,21H2;/q+1;-1. The number of rotatable bonds is 8. The molecule has 0 aliphatic carbocycles. The maximum atomic E-state index is 15.4. The Hall–Kier alpha value is -8.96. The second-order valence-corrected chi connectivity index (χ2v) is 17.2. The number of pyridine rings is 1. The summed E-state index contributed by atoms with van der Waals surface area (Å²) in [7, 11) is 0. The maximum absolute atomic E-state index is 15.4. The van der Waals surface area contributed by atoms with Crippen molar-refractivity contribution in [3.05, 3.63) is 249 Å². The lowest BCUT2D eigenvalue weighted by Gasteiger charge is -2.44. The molecule has 0 radical (unpaired) electrons. The summed E-state index contributed by atoms with van der Waals surface area (Å²) in [4.78, 5) is 13.7. The second-order valence-electron chi connectivity index (χ2n) is 17.2. The van der Waals surface area contributed by atoms with Gasteiger partial charge in [-0.1, -0.05) is 91.0 Å². The van der Waals surface area contributed by atoms with Gasteiger partial charge in [-0.3, -0.25) is 0 Å². The lowest BCUT2D eigenvalue weighted by molar-refractivity contribution is -0.664. The molecule has 0 saturated carbocycles. The first-order chi connectivity index (χ1) is 37.5. The Morgan fingerprint density at radius 2 is 0.646 bits per heavy atom. The highest BCUT2D eigenvalue weighted by Crippen LogP contribution is 2.36. The van der Waals surface area contributed by atoms with Gasteiger partial charge in [0.1, 0.15) is 58.4 Å². The average molecular weight is 1120 g/mol. The molecule has 0 saturated heterocycles. The third-order valence-electron chi connectivity index (χ3n) is 13.0. The summed E-state index contributed by atoms with van der Waals surface area (Å²) in [6.07, 6.45) is -7.22. The summed E-state index contributed by atoms with van der Waals surface area (Å²) in [6.45, 7) is 0.572. The fourth-order valence-electron chi connectivity index (χ4n) is 9.48. The fourth-order valence-corrected chi connectivity index (χ4v) is 9.48. The van der Waals surface area contributed by atoms with Crippen LogP contribution < -0.4 is 31.2 Å². The van der Waals surface area contributed by atoms with Gasteiger partial charge in [-0.15, -0.1) is 21.9 Å². The van der Waals surface area contributed by atoms with Gasteiger partial charge < -0.3 is 4.74 Å². The second kappa shape index (κ2) is 20.8. The lowest BCUT2D eigenvalue weighted by atomic mass is 9.12. The molecule has 3 nitrogen and oxygen atoms in total. The topological polar surface area (TPSA) is 30.2 Å². The maximum Gasteiger partial charge on any atom is 0.409 e. The van der Waals surface area contributed by atoms with Crippen LogP contribution in [0.2, 0.25) is 0 Å². The van der Waals surface area contributed by atoms with E-state index in [1.165, 1.54) is 0 Å². The summed E-state index contributed by atoms with van der Waals surface area (Å²) in [5, 5.41) is 5.00. The van der Waals surface area contributed by atoms with Crippen LogP contribution in [0.25, 0.3) is 32.4 Å². The van der Waals surface area contributed by atoms with Crippen LogP contribution in [-0.4, -0.2) is 12.1 Å². The Balaban J connectivity index is 0.000000198. The molecule has 1 aromatic heterocycles. The fraction of sp³-hybridized carbons (Fsp3) is 0.0182. The highest BCUT2D eigenvalue weighted by atomic mass is 19.2. The van der Waals surface area contributed by atoms with Crippen LogP contribution in [0.3, 0.4) is 0 Å². The molecule has 1 heterocycles. The van der Waals surface area contributed by atoms with Crippen LogP contribution in [0.5, 0.6) is 5.75 Å². The van der Waals surface area contributed by atoms with E-state index >= 15 is 35.1 Å². The van der Waals surface area contributed by atoms with Crippen molar-refractivity contribution >= 4 is 66.4 Å². The molecule has 0 bridgehead atoms. The van der Waals surface area contributed by atoms with E-state index in [1.807, 2.05) is 102 Å². The summed E-state index contributed by atoms with van der Waals surface area (Å²) in [5.74, 6) is -71.2. The number of halogens is 20. The van der Waals surface area contributed by atoms with Gasteiger partial charge in [0.2, 0.25) is 5.52 Å². The molecule has 0 aliphatic rings. The van der Waals surface area contributed by atoms with Crippen molar-refractivity contribution in [1.82, 2.24) is 0 Å². The van der Waals surface area contributed by atoms with Gasteiger partial charge in [0, 0.05) is 33.9 Å². The van der Waals surface area contributed by atoms with Gasteiger partial charge in [0.25, 0.3) is 5.69 Å². The largest absolute Gasteiger partial charge is 0.417 e. The molecule has 10 rings (SSSR count). The highest BCUT2D eigenvalue weighted by Gasteiger charge is 2.52. The van der Waals surface area contributed by atoms with E-state index in [4.69, 9.17) is 4.74 Å². The van der Waals surface area contributed by atoms with Crippen LogP contribution in [0.1, 0.15) is 16.1 Å². The van der Waals surface area contributed by atoms with Gasteiger partial charge in [0.15, 0.2) is 76.4 Å². The van der Waals surface area contributed by atoms with E-state index in [9.17, 15) is 57.5 Å². The first-order valence-electron chi connectivity index (χ1n) is 22.3. The van der Waals surface area contributed by atoms with Gasteiger partial charge in [-0.05, 0) is 29.0 Å². The van der Waals surface area contributed by atoms with Crippen LogP contribution in [0, 0.1) is 116 Å². The summed E-state index contributed by atoms with van der Waals surface area (Å²) >= 11 is 0. The first-order valence-corrected chi connectivity index (χ1v) is 22.3. The summed E-state index contributed by atoms with van der Waals surface area (Å²) < 4.78 is 302. The molecule has 0 unspecified atom stereocenters. The minimum absolute atomic E-state index is 0.372. The molecule has 402 valence electrons. The van der Waals surface area contributed by atoms with Gasteiger partial charge in [0.05, 0.1) is 0 Å². The van der Waals surface area contributed by atoms with Gasteiger partial charge in [-0.25, -0.2) is 92.6 Å². The lowest BCUT2D eigenvalue weighted by Crippen LogP contribution is -2.81. The number of hydrogen-bond acceptors (Lipinski definition) is 2. The van der Waals surface area contributed by atoms with Crippen LogP contribution in [0.15, 0.2) is 121 Å². The predicted molar refractivity (Wildman–Crippen MR) is 245 cm³/mol. The van der Waals surface area contributed by atoms with E-state index in [0.29, 0.717) is 18.0 Å². The number of carbonyl (C=O) groups excluding carboxylic acids is 1. The molecule has 0 fully saturated rings. The molecule has 0 amide bonds. The number of aromatic nitrogens is 1. The molecule has 10 aromatic rings. The molecule has 0 atom stereocenters. The average Bonchev–Trinajstić information content (AvgIpc) is 3.61. The third-order valence-corrected chi connectivity index (χ3v) is 13.0. The molecule has 24 heteroatoms. The van der Waals surface area contributed by atoms with Gasteiger partial charge >= 0.3 is 5.97 Å². The zero-order chi connectivity index (χ0) is 57.3. The minimum Gasteiger partial charge on any atom is -0.417 e. The normalized spacial score (nSPS) is 11.6. The Labute approximate surface area is 428 Å². The zero-order valence-electron chi connectivity index (χ0n) is 38.7. The molecule has 0 spiro atoms. The highest BCUT2D eigenvalue weighted by molar-refractivity contribution is 7.20. The Morgan fingerprint density at radius 1 is 0.342 bits per heavy atom. The Bertz CT molecular complexity index is 3750. The quantitative estimate of drug-likeness (QED) is 0.0222. The van der Waals surface area contributed by atoms with Crippen molar-refractivity contribution < 1.29 is 102 Å². The van der Waals surface area contributed by atoms with Crippen LogP contribution in [0.4, 0.5) is 87.8 Å². The summed E-state index contributed by atoms with van der Waals surface area (Å²) in [5.41, 5.74) is -11.7. The Kier molecular flexibility index (Phi) is 14.4. The third kappa shape index (κ3) is 8.68. The number of esters is 1. The molecule has 0 N–H and O–H groups in total. The number of carbonyl (C=O) groups is 1. The molecule has 9 aromatic carbocycles. The van der Waals surface area contributed by atoms with E-state index in [0.717, 1.165) is 38.0 Å². The van der Waals surface area contributed by atoms with Crippen molar-refractivity contribution in [2.75, 3.05) is 0 Å². The van der Waals surface area contributed by atoms with Crippen molar-refractivity contribution in [3.63, 3.8) is 0 Å². The SMILES string of the molecule is Fc1c(F)c(F)c([B-](c2c(F)c(F)c(F)c(F)c2F)(c2c(F)c(F)c(F)c(F)c2F)c2c(F)c(F)c(F)c(F)c2F)c(F)c1F.O=C(Oc1c2ccccc2cc2ccccc12)c1ccc2ccccc2[n+]1Cc1ccccc1. The number of benzene rings is 9. The van der Waals surface area contributed by atoms with E-state index < -0.39 is 144 Å². The molecule has 0 aliphatic heterocycles. The number of fused-ring (bicyclic) bond motifs is 3. The van der Waals surface area contributed by atoms with Crippen molar-refractivity contribution in [2.45, 2.75) is 6.54 Å².